The van der Waals surface area contributed by atoms with Gasteiger partial charge in [0.1, 0.15) is 18.0 Å². The minimum atomic E-state index is -4.84. The highest BCUT2D eigenvalue weighted by molar-refractivity contribution is 7.92. The smallest absolute Gasteiger partial charge is 0.417 e. The van der Waals surface area contributed by atoms with Crippen LogP contribution in [0.1, 0.15) is 5.56 Å². The van der Waals surface area contributed by atoms with Crippen LogP contribution in [-0.2, 0) is 21.0 Å². The van der Waals surface area contributed by atoms with Crippen LogP contribution in [0.15, 0.2) is 71.6 Å². The molecular weight excluding hydrogens is 509 g/mol. The lowest BCUT2D eigenvalue weighted by atomic mass is 10.2. The van der Waals surface area contributed by atoms with Crippen molar-refractivity contribution in [3.63, 3.8) is 0 Å². The Morgan fingerprint density at radius 1 is 1.00 bits per heavy atom. The first-order chi connectivity index (χ1) is 16.5. The zero-order chi connectivity index (χ0) is 25.8. The van der Waals surface area contributed by atoms with E-state index in [1.165, 1.54) is 50.6 Å². The van der Waals surface area contributed by atoms with Crippen molar-refractivity contribution in [1.29, 1.82) is 0 Å². The molecule has 0 aliphatic rings. The Hall–Kier alpha value is -3.44. The van der Waals surface area contributed by atoms with Gasteiger partial charge in [-0.15, -0.1) is 0 Å². The second-order valence-electron chi connectivity index (χ2n) is 7.10. The minimum absolute atomic E-state index is 0.181. The van der Waals surface area contributed by atoms with E-state index in [0.29, 0.717) is 16.1 Å². The zero-order valence-electron chi connectivity index (χ0n) is 18.5. The van der Waals surface area contributed by atoms with Gasteiger partial charge < -0.3 is 14.8 Å². The number of nitrogens with one attached hydrogen (secondary N) is 1. The van der Waals surface area contributed by atoms with Crippen molar-refractivity contribution in [1.82, 2.24) is 0 Å². The standard InChI is InChI=1S/C23H20ClF3N2O5S/c1-33-16-9-11-21(34-2)20(13-16)28-22(30)14-29(35(31,32)17-6-4-3-5-7-17)15-8-10-19(24)18(12-15)23(25,26)27/h3-13H,14H2,1-2H3,(H,28,30). The first kappa shape index (κ1) is 26.2. The lowest BCUT2D eigenvalue weighted by molar-refractivity contribution is -0.137. The highest BCUT2D eigenvalue weighted by atomic mass is 35.5. The van der Waals surface area contributed by atoms with Crippen molar-refractivity contribution < 1.29 is 35.9 Å². The van der Waals surface area contributed by atoms with E-state index in [2.05, 4.69) is 5.32 Å². The van der Waals surface area contributed by atoms with Crippen molar-refractivity contribution in [3.05, 3.63) is 77.3 Å². The van der Waals surface area contributed by atoms with E-state index in [4.69, 9.17) is 21.1 Å². The Labute approximate surface area is 205 Å². The molecule has 0 aromatic heterocycles. The van der Waals surface area contributed by atoms with Crippen LogP contribution >= 0.6 is 11.6 Å². The van der Waals surface area contributed by atoms with Crippen molar-refractivity contribution in [3.8, 4) is 11.5 Å². The lowest BCUT2D eigenvalue weighted by Crippen LogP contribution is -2.38. The summed E-state index contributed by atoms with van der Waals surface area (Å²) >= 11 is 5.70. The number of ether oxygens (including phenoxy) is 2. The molecule has 0 radical (unpaired) electrons. The maximum atomic E-state index is 13.5. The Bertz CT molecular complexity index is 1320. The van der Waals surface area contributed by atoms with E-state index in [9.17, 15) is 26.4 Å². The molecule has 0 spiro atoms. The van der Waals surface area contributed by atoms with Gasteiger partial charge in [0.15, 0.2) is 0 Å². The molecule has 186 valence electrons. The van der Waals surface area contributed by atoms with Gasteiger partial charge in [0.2, 0.25) is 5.91 Å². The summed E-state index contributed by atoms with van der Waals surface area (Å²) in [5.74, 6) is -0.176. The van der Waals surface area contributed by atoms with Crippen molar-refractivity contribution in [2.75, 3.05) is 30.4 Å². The Morgan fingerprint density at radius 2 is 1.69 bits per heavy atom. The van der Waals surface area contributed by atoms with E-state index < -0.39 is 44.9 Å². The molecule has 0 fully saturated rings. The molecule has 3 aromatic carbocycles. The summed E-state index contributed by atoms with van der Waals surface area (Å²) < 4.78 is 78.0. The molecule has 0 aliphatic heterocycles. The molecular formula is C23H20ClF3N2O5S. The summed E-state index contributed by atoms with van der Waals surface area (Å²) in [6, 6.07) is 14.2. The van der Waals surface area contributed by atoms with Gasteiger partial charge in [-0.2, -0.15) is 13.2 Å². The number of hydrogen-bond acceptors (Lipinski definition) is 5. The van der Waals surface area contributed by atoms with Gasteiger partial charge in [0.05, 0.1) is 41.1 Å². The van der Waals surface area contributed by atoms with E-state index in [1.807, 2.05) is 0 Å². The molecule has 0 atom stereocenters. The van der Waals surface area contributed by atoms with Gasteiger partial charge in [-0.05, 0) is 42.5 Å². The SMILES string of the molecule is COc1ccc(OC)c(NC(=O)CN(c2ccc(Cl)c(C(F)(F)F)c2)S(=O)(=O)c2ccccc2)c1. The predicted octanol–water partition coefficient (Wildman–Crippen LogP) is 5.21. The zero-order valence-corrected chi connectivity index (χ0v) is 20.0. The highest BCUT2D eigenvalue weighted by Gasteiger charge is 2.35. The number of sulfonamides is 1. The van der Waals surface area contributed by atoms with E-state index in [1.54, 1.807) is 12.1 Å². The fourth-order valence-electron chi connectivity index (χ4n) is 3.15. The number of nitrogens with zero attached hydrogens (tertiary/aromatic N) is 1. The van der Waals surface area contributed by atoms with Gasteiger partial charge in [-0.1, -0.05) is 29.8 Å². The number of methoxy groups -OCH3 is 2. The average Bonchev–Trinajstić information content (AvgIpc) is 2.82. The maximum Gasteiger partial charge on any atom is 0.417 e. The molecule has 3 aromatic rings. The quantitative estimate of drug-likeness (QED) is 0.434. The summed E-state index contributed by atoms with van der Waals surface area (Å²) in [6.45, 7) is -0.837. The molecule has 0 heterocycles. The third-order valence-electron chi connectivity index (χ3n) is 4.84. The van der Waals surface area contributed by atoms with Crippen LogP contribution in [0, 0.1) is 0 Å². The minimum Gasteiger partial charge on any atom is -0.497 e. The normalized spacial score (nSPS) is 11.6. The number of amides is 1. The van der Waals surface area contributed by atoms with Crippen LogP contribution < -0.4 is 19.1 Å². The average molecular weight is 529 g/mol. The summed E-state index contributed by atoms with van der Waals surface area (Å²) in [7, 11) is -1.65. The first-order valence-corrected chi connectivity index (χ1v) is 11.8. The fraction of sp³-hybridized carbons (Fsp3) is 0.174. The number of benzene rings is 3. The molecule has 0 saturated heterocycles. The van der Waals surface area contributed by atoms with Gasteiger partial charge in [-0.25, -0.2) is 8.42 Å². The largest absolute Gasteiger partial charge is 0.497 e. The molecule has 7 nitrogen and oxygen atoms in total. The molecule has 0 unspecified atom stereocenters. The van der Waals surface area contributed by atoms with Crippen LogP contribution in [-0.4, -0.2) is 35.1 Å². The number of carbonyl (C=O) groups excluding carboxylic acids is 1. The second-order valence-corrected chi connectivity index (χ2v) is 9.37. The molecule has 0 bridgehead atoms. The Kier molecular flexibility index (Phi) is 7.81. The molecule has 35 heavy (non-hydrogen) atoms. The molecule has 1 amide bonds. The van der Waals surface area contributed by atoms with E-state index in [0.717, 1.165) is 12.1 Å². The molecule has 3 rings (SSSR count). The van der Waals surface area contributed by atoms with Crippen LogP contribution in [0.4, 0.5) is 24.5 Å². The van der Waals surface area contributed by atoms with E-state index >= 15 is 0 Å². The summed E-state index contributed by atoms with van der Waals surface area (Å²) in [5, 5.41) is 1.91. The number of halogens is 4. The van der Waals surface area contributed by atoms with E-state index in [-0.39, 0.29) is 16.3 Å². The maximum absolute atomic E-state index is 13.5. The first-order valence-electron chi connectivity index (χ1n) is 9.93. The fourth-order valence-corrected chi connectivity index (χ4v) is 4.81. The number of rotatable bonds is 8. The third-order valence-corrected chi connectivity index (χ3v) is 6.96. The number of anilines is 2. The molecule has 12 heteroatoms. The van der Waals surface area contributed by atoms with Gasteiger partial charge in [-0.3, -0.25) is 9.10 Å². The van der Waals surface area contributed by atoms with Crippen molar-refractivity contribution in [2.24, 2.45) is 0 Å². The van der Waals surface area contributed by atoms with Crippen molar-refractivity contribution in [2.45, 2.75) is 11.1 Å². The lowest BCUT2D eigenvalue weighted by Gasteiger charge is -2.25. The molecule has 0 saturated carbocycles. The van der Waals surface area contributed by atoms with Crippen LogP contribution in [0.5, 0.6) is 11.5 Å². The molecule has 1 N–H and O–H groups in total. The van der Waals surface area contributed by atoms with Gasteiger partial charge >= 0.3 is 6.18 Å². The second kappa shape index (κ2) is 10.4. The predicted molar refractivity (Wildman–Crippen MR) is 126 cm³/mol. The number of carbonyl (C=O) groups is 1. The van der Waals surface area contributed by atoms with Gasteiger partial charge in [0.25, 0.3) is 10.0 Å². The number of hydrogen-bond donors (Lipinski definition) is 1. The van der Waals surface area contributed by atoms with Crippen LogP contribution in [0.2, 0.25) is 5.02 Å². The summed E-state index contributed by atoms with van der Waals surface area (Å²) in [6.07, 6.45) is -4.84. The summed E-state index contributed by atoms with van der Waals surface area (Å²) in [4.78, 5) is 12.7. The Balaban J connectivity index is 2.05. The molecule has 0 aliphatic carbocycles. The van der Waals surface area contributed by atoms with Crippen LogP contribution in [0.3, 0.4) is 0 Å². The number of alkyl halides is 3. The van der Waals surface area contributed by atoms with Crippen LogP contribution in [0.25, 0.3) is 0 Å². The van der Waals surface area contributed by atoms with Gasteiger partial charge in [0, 0.05) is 6.07 Å². The van der Waals surface area contributed by atoms with Crippen molar-refractivity contribution >= 4 is 38.9 Å². The highest BCUT2D eigenvalue weighted by Crippen LogP contribution is 2.38. The monoisotopic (exact) mass is 528 g/mol. The summed E-state index contributed by atoms with van der Waals surface area (Å²) in [5.41, 5.74) is -1.45. The third kappa shape index (κ3) is 5.98. The topological polar surface area (TPSA) is 84.9 Å². The Morgan fingerprint density at radius 3 is 2.29 bits per heavy atom.